The maximum Gasteiger partial charge on any atom is 0.203 e. The van der Waals surface area contributed by atoms with Crippen LogP contribution in [0.15, 0.2) is 18.2 Å². The number of methoxy groups -OCH3 is 2. The number of nitrogens with one attached hydrogen (secondary N) is 1. The minimum atomic E-state index is 0.445. The monoisotopic (exact) mass is 267 g/mol. The summed E-state index contributed by atoms with van der Waals surface area (Å²) in [5.41, 5.74) is 0. The standard InChI is InChI=1S/C15H25NO3/c1-5-10-16-12(2)9-11-19-15-13(17-3)7-6-8-14(15)18-4/h6-8,12,16H,5,9-11H2,1-4H3. The van der Waals surface area contributed by atoms with Crippen molar-refractivity contribution in [2.24, 2.45) is 0 Å². The van der Waals surface area contributed by atoms with Crippen molar-refractivity contribution in [2.45, 2.75) is 32.7 Å². The van der Waals surface area contributed by atoms with Gasteiger partial charge in [-0.15, -0.1) is 0 Å². The van der Waals surface area contributed by atoms with Gasteiger partial charge >= 0.3 is 0 Å². The molecule has 1 unspecified atom stereocenters. The molecule has 0 saturated carbocycles. The number of benzene rings is 1. The number of ether oxygens (including phenoxy) is 3. The van der Waals surface area contributed by atoms with Crippen molar-refractivity contribution in [1.29, 1.82) is 0 Å². The molecular formula is C15H25NO3. The van der Waals surface area contributed by atoms with Crippen LogP contribution in [0.25, 0.3) is 0 Å². The second kappa shape index (κ2) is 8.64. The third-order valence-electron chi connectivity index (χ3n) is 2.92. The van der Waals surface area contributed by atoms with Crippen molar-refractivity contribution >= 4 is 0 Å². The smallest absolute Gasteiger partial charge is 0.203 e. The van der Waals surface area contributed by atoms with Crippen LogP contribution < -0.4 is 19.5 Å². The topological polar surface area (TPSA) is 39.7 Å². The molecule has 108 valence electrons. The Bertz CT molecular complexity index is 346. The molecule has 19 heavy (non-hydrogen) atoms. The quantitative estimate of drug-likeness (QED) is 0.747. The molecule has 0 bridgehead atoms. The molecule has 4 nitrogen and oxygen atoms in total. The van der Waals surface area contributed by atoms with Gasteiger partial charge in [0, 0.05) is 6.04 Å². The van der Waals surface area contributed by atoms with Crippen LogP contribution in [-0.4, -0.2) is 33.4 Å². The highest BCUT2D eigenvalue weighted by Crippen LogP contribution is 2.36. The van der Waals surface area contributed by atoms with E-state index >= 15 is 0 Å². The van der Waals surface area contributed by atoms with Crippen LogP contribution in [0.1, 0.15) is 26.7 Å². The summed E-state index contributed by atoms with van der Waals surface area (Å²) in [6, 6.07) is 6.07. The highest BCUT2D eigenvalue weighted by molar-refractivity contribution is 5.51. The van der Waals surface area contributed by atoms with Crippen molar-refractivity contribution in [3.63, 3.8) is 0 Å². The summed E-state index contributed by atoms with van der Waals surface area (Å²) in [6.07, 6.45) is 2.09. The predicted molar refractivity (Wildman–Crippen MR) is 77.4 cm³/mol. The minimum absolute atomic E-state index is 0.445. The highest BCUT2D eigenvalue weighted by atomic mass is 16.5. The Morgan fingerprint density at radius 1 is 1.16 bits per heavy atom. The van der Waals surface area contributed by atoms with Crippen LogP contribution in [0, 0.1) is 0 Å². The highest BCUT2D eigenvalue weighted by Gasteiger charge is 2.11. The first-order valence-electron chi connectivity index (χ1n) is 6.80. The van der Waals surface area contributed by atoms with E-state index in [-0.39, 0.29) is 0 Å². The molecule has 0 spiro atoms. The van der Waals surface area contributed by atoms with Gasteiger partial charge in [-0.1, -0.05) is 13.0 Å². The largest absolute Gasteiger partial charge is 0.493 e. The second-order valence-electron chi connectivity index (χ2n) is 4.48. The zero-order valence-corrected chi connectivity index (χ0v) is 12.4. The number of rotatable bonds is 9. The van der Waals surface area contributed by atoms with Gasteiger partial charge in [-0.25, -0.2) is 0 Å². The first kappa shape index (κ1) is 15.6. The first-order chi connectivity index (χ1) is 9.22. The van der Waals surface area contributed by atoms with E-state index in [2.05, 4.69) is 19.2 Å². The predicted octanol–water partition coefficient (Wildman–Crippen LogP) is 2.86. The van der Waals surface area contributed by atoms with Gasteiger partial charge in [0.25, 0.3) is 0 Å². The normalized spacial score (nSPS) is 12.0. The molecule has 0 fully saturated rings. The van der Waals surface area contributed by atoms with Crippen LogP contribution >= 0.6 is 0 Å². The molecule has 0 saturated heterocycles. The van der Waals surface area contributed by atoms with Gasteiger partial charge in [-0.3, -0.25) is 0 Å². The van der Waals surface area contributed by atoms with Gasteiger partial charge in [0.1, 0.15) is 0 Å². The van der Waals surface area contributed by atoms with Crippen molar-refractivity contribution in [3.05, 3.63) is 18.2 Å². The number of hydrogen-bond donors (Lipinski definition) is 1. The summed E-state index contributed by atoms with van der Waals surface area (Å²) in [6.45, 7) is 6.00. The summed E-state index contributed by atoms with van der Waals surface area (Å²) < 4.78 is 16.4. The van der Waals surface area contributed by atoms with E-state index in [9.17, 15) is 0 Å². The lowest BCUT2D eigenvalue weighted by atomic mass is 10.2. The molecule has 1 aromatic carbocycles. The zero-order valence-electron chi connectivity index (χ0n) is 12.4. The van der Waals surface area contributed by atoms with Crippen LogP contribution in [0.4, 0.5) is 0 Å². The fourth-order valence-corrected chi connectivity index (χ4v) is 1.79. The Morgan fingerprint density at radius 2 is 1.79 bits per heavy atom. The van der Waals surface area contributed by atoms with Gasteiger partial charge in [-0.05, 0) is 38.4 Å². The van der Waals surface area contributed by atoms with Crippen LogP contribution in [0.3, 0.4) is 0 Å². The lowest BCUT2D eigenvalue weighted by Gasteiger charge is -2.16. The van der Waals surface area contributed by atoms with Gasteiger partial charge in [0.05, 0.1) is 20.8 Å². The molecular weight excluding hydrogens is 242 g/mol. The van der Waals surface area contributed by atoms with E-state index in [4.69, 9.17) is 14.2 Å². The molecule has 0 aromatic heterocycles. The molecule has 1 atom stereocenters. The summed E-state index contributed by atoms with van der Waals surface area (Å²) in [7, 11) is 3.26. The average Bonchev–Trinajstić information content (AvgIpc) is 2.45. The fraction of sp³-hybridized carbons (Fsp3) is 0.600. The van der Waals surface area contributed by atoms with Crippen molar-refractivity contribution in [1.82, 2.24) is 5.32 Å². The fourth-order valence-electron chi connectivity index (χ4n) is 1.79. The third-order valence-corrected chi connectivity index (χ3v) is 2.92. The maximum atomic E-state index is 5.81. The van der Waals surface area contributed by atoms with Crippen molar-refractivity contribution < 1.29 is 14.2 Å². The SMILES string of the molecule is CCCNC(C)CCOc1c(OC)cccc1OC. The molecule has 0 amide bonds. The van der Waals surface area contributed by atoms with E-state index in [1.807, 2.05) is 18.2 Å². The maximum absolute atomic E-state index is 5.81. The summed E-state index contributed by atoms with van der Waals surface area (Å²) >= 11 is 0. The van der Waals surface area contributed by atoms with Gasteiger partial charge in [0.2, 0.25) is 5.75 Å². The summed E-state index contributed by atoms with van der Waals surface area (Å²) in [4.78, 5) is 0. The van der Waals surface area contributed by atoms with E-state index in [0.29, 0.717) is 29.9 Å². The molecule has 1 aromatic rings. The van der Waals surface area contributed by atoms with Crippen LogP contribution in [0.5, 0.6) is 17.2 Å². The Kier molecular flexibility index (Phi) is 7.11. The molecule has 4 heteroatoms. The first-order valence-corrected chi connectivity index (χ1v) is 6.80. The summed E-state index contributed by atoms with van der Waals surface area (Å²) in [5.74, 6) is 2.08. The molecule has 0 aliphatic rings. The zero-order chi connectivity index (χ0) is 14.1. The number of hydrogen-bond acceptors (Lipinski definition) is 4. The molecule has 0 heterocycles. The van der Waals surface area contributed by atoms with Gasteiger partial charge in [0.15, 0.2) is 11.5 Å². The number of para-hydroxylation sites is 1. The van der Waals surface area contributed by atoms with E-state index in [1.165, 1.54) is 0 Å². The van der Waals surface area contributed by atoms with E-state index in [0.717, 1.165) is 19.4 Å². The van der Waals surface area contributed by atoms with Crippen molar-refractivity contribution in [3.8, 4) is 17.2 Å². The average molecular weight is 267 g/mol. The third kappa shape index (κ3) is 4.99. The molecule has 1 rings (SSSR count). The second-order valence-corrected chi connectivity index (χ2v) is 4.48. The van der Waals surface area contributed by atoms with Gasteiger partial charge in [-0.2, -0.15) is 0 Å². The minimum Gasteiger partial charge on any atom is -0.493 e. The lowest BCUT2D eigenvalue weighted by Crippen LogP contribution is -2.28. The van der Waals surface area contributed by atoms with Crippen LogP contribution in [0.2, 0.25) is 0 Å². The Balaban J connectivity index is 2.52. The Labute approximate surface area is 116 Å². The Morgan fingerprint density at radius 3 is 2.32 bits per heavy atom. The van der Waals surface area contributed by atoms with Crippen LogP contribution in [-0.2, 0) is 0 Å². The molecule has 1 N–H and O–H groups in total. The molecule has 0 radical (unpaired) electrons. The summed E-state index contributed by atoms with van der Waals surface area (Å²) in [5, 5.41) is 3.43. The van der Waals surface area contributed by atoms with E-state index in [1.54, 1.807) is 14.2 Å². The van der Waals surface area contributed by atoms with Crippen molar-refractivity contribution in [2.75, 3.05) is 27.4 Å². The lowest BCUT2D eigenvalue weighted by molar-refractivity contribution is 0.258. The van der Waals surface area contributed by atoms with E-state index < -0.39 is 0 Å². The van der Waals surface area contributed by atoms with Gasteiger partial charge < -0.3 is 19.5 Å². The Hall–Kier alpha value is -1.42. The molecule has 0 aliphatic carbocycles. The molecule has 0 aliphatic heterocycles.